The molecule has 0 aromatic carbocycles. The first-order valence-corrected chi connectivity index (χ1v) is 8.24. The molecule has 1 aliphatic rings. The summed E-state index contributed by atoms with van der Waals surface area (Å²) in [5, 5.41) is 0. The van der Waals surface area contributed by atoms with Gasteiger partial charge in [-0.2, -0.15) is 0 Å². The van der Waals surface area contributed by atoms with Gasteiger partial charge in [-0.25, -0.2) is 24.2 Å². The Morgan fingerprint density at radius 3 is 2.70 bits per heavy atom. The fourth-order valence-corrected chi connectivity index (χ4v) is 3.12. The number of nitrogen functional groups attached to an aromatic ring is 1. The summed E-state index contributed by atoms with van der Waals surface area (Å²) >= 11 is 0. The Bertz CT molecular complexity index is 549. The number of nitrogens with two attached hydrogens (primary N) is 1. The van der Waals surface area contributed by atoms with Crippen molar-refractivity contribution in [1.29, 1.82) is 0 Å². The second-order valence-corrected chi connectivity index (χ2v) is 6.75. The summed E-state index contributed by atoms with van der Waals surface area (Å²) < 4.78 is 28.2. The van der Waals surface area contributed by atoms with E-state index in [1.807, 2.05) is 11.8 Å². The van der Waals surface area contributed by atoms with E-state index in [1.54, 1.807) is 6.07 Å². The molecule has 2 heterocycles. The lowest BCUT2D eigenvalue weighted by Gasteiger charge is -2.28. The molecule has 1 saturated heterocycles. The number of hydrogen-bond acceptors (Lipinski definition) is 8. The first-order chi connectivity index (χ1) is 9.54. The van der Waals surface area contributed by atoms with Gasteiger partial charge in [0.2, 0.25) is 0 Å². The van der Waals surface area contributed by atoms with Gasteiger partial charge in [0.1, 0.15) is 18.2 Å². The Balaban J connectivity index is 2.18. The lowest BCUT2D eigenvalue weighted by molar-refractivity contribution is 0.128. The third-order valence-corrected chi connectivity index (χ3v) is 4.62. The molecule has 3 N–H and O–H groups in total. The van der Waals surface area contributed by atoms with Gasteiger partial charge in [-0.1, -0.05) is 0 Å². The van der Waals surface area contributed by atoms with Crippen molar-refractivity contribution in [2.75, 3.05) is 41.5 Å². The molecule has 20 heavy (non-hydrogen) atoms. The van der Waals surface area contributed by atoms with Gasteiger partial charge >= 0.3 is 0 Å². The van der Waals surface area contributed by atoms with E-state index in [1.165, 1.54) is 0 Å². The van der Waals surface area contributed by atoms with Crippen LogP contribution in [0.5, 0.6) is 0 Å². The van der Waals surface area contributed by atoms with E-state index < -0.39 is 9.84 Å². The summed E-state index contributed by atoms with van der Waals surface area (Å²) in [4.78, 5) is 10.5. The number of anilines is 2. The van der Waals surface area contributed by atoms with E-state index in [9.17, 15) is 8.42 Å². The average Bonchev–Trinajstić information content (AvgIpc) is 2.44. The number of hydrazine groups is 1. The van der Waals surface area contributed by atoms with Crippen LogP contribution in [-0.2, 0) is 21.2 Å². The van der Waals surface area contributed by atoms with Crippen LogP contribution in [0.2, 0.25) is 0 Å². The molecule has 0 bridgehead atoms. The van der Waals surface area contributed by atoms with E-state index >= 15 is 0 Å². The number of hydrogen-bond donors (Lipinski definition) is 2. The summed E-state index contributed by atoms with van der Waals surface area (Å²) in [7, 11) is -2.91. The minimum atomic E-state index is -2.91. The van der Waals surface area contributed by atoms with Crippen molar-refractivity contribution in [2.45, 2.75) is 13.5 Å². The zero-order valence-corrected chi connectivity index (χ0v) is 12.2. The maximum atomic E-state index is 11.4. The van der Waals surface area contributed by atoms with Crippen molar-refractivity contribution in [1.82, 2.24) is 9.97 Å². The maximum absolute atomic E-state index is 11.4. The molecule has 0 unspecified atom stereocenters. The molecule has 0 aliphatic carbocycles. The SMILES string of the molecule is CCOCc1nc(NN)cc(N2CCS(=O)(=O)CC2)n1. The standard InChI is InChI=1S/C11H19N5O3S/c1-2-19-8-10-13-9(15-12)7-11(14-10)16-3-5-20(17,18)6-4-16/h7H,2-6,8,12H2,1H3,(H,13,14,15). The summed E-state index contributed by atoms with van der Waals surface area (Å²) in [6.07, 6.45) is 0. The molecular formula is C11H19N5O3S. The highest BCUT2D eigenvalue weighted by atomic mass is 32.2. The molecule has 1 aromatic heterocycles. The number of sulfone groups is 1. The van der Waals surface area contributed by atoms with Gasteiger partial charge < -0.3 is 15.1 Å². The van der Waals surface area contributed by atoms with Crippen LogP contribution in [0, 0.1) is 0 Å². The second kappa shape index (κ2) is 6.33. The first kappa shape index (κ1) is 14.9. The van der Waals surface area contributed by atoms with E-state index in [-0.39, 0.29) is 11.5 Å². The van der Waals surface area contributed by atoms with Crippen molar-refractivity contribution in [3.63, 3.8) is 0 Å². The van der Waals surface area contributed by atoms with Gasteiger partial charge in [-0.3, -0.25) is 0 Å². The van der Waals surface area contributed by atoms with Gasteiger partial charge in [-0.05, 0) is 6.92 Å². The van der Waals surface area contributed by atoms with E-state index in [4.69, 9.17) is 10.6 Å². The predicted octanol–water partition coefficient (Wildman–Crippen LogP) is -0.466. The Morgan fingerprint density at radius 2 is 2.10 bits per heavy atom. The van der Waals surface area contributed by atoms with Crippen LogP contribution < -0.4 is 16.2 Å². The largest absolute Gasteiger partial charge is 0.374 e. The molecule has 0 atom stereocenters. The Labute approximate surface area is 118 Å². The van der Waals surface area contributed by atoms with Crippen LogP contribution in [0.4, 0.5) is 11.6 Å². The van der Waals surface area contributed by atoms with Crippen LogP contribution in [0.3, 0.4) is 0 Å². The lowest BCUT2D eigenvalue weighted by atomic mass is 10.4. The Hall–Kier alpha value is -1.45. The molecule has 112 valence electrons. The fourth-order valence-electron chi connectivity index (χ4n) is 1.92. The fraction of sp³-hybridized carbons (Fsp3) is 0.636. The highest BCUT2D eigenvalue weighted by molar-refractivity contribution is 7.91. The average molecular weight is 301 g/mol. The maximum Gasteiger partial charge on any atom is 0.158 e. The minimum absolute atomic E-state index is 0.142. The third kappa shape index (κ3) is 3.78. The summed E-state index contributed by atoms with van der Waals surface area (Å²) in [5.74, 6) is 7.35. The summed E-state index contributed by atoms with van der Waals surface area (Å²) in [6.45, 7) is 3.61. The molecule has 1 aromatic rings. The van der Waals surface area contributed by atoms with Crippen LogP contribution in [0.15, 0.2) is 6.07 Å². The van der Waals surface area contributed by atoms with Crippen molar-refractivity contribution in [3.05, 3.63) is 11.9 Å². The molecule has 1 fully saturated rings. The molecule has 0 radical (unpaired) electrons. The normalized spacial score (nSPS) is 18.0. The topological polar surface area (TPSA) is 110 Å². The summed E-state index contributed by atoms with van der Waals surface area (Å²) in [6, 6.07) is 1.70. The molecule has 0 spiro atoms. The Kier molecular flexibility index (Phi) is 4.73. The van der Waals surface area contributed by atoms with Crippen LogP contribution in [-0.4, -0.2) is 49.6 Å². The van der Waals surface area contributed by atoms with Crippen LogP contribution in [0.1, 0.15) is 12.7 Å². The molecular weight excluding hydrogens is 282 g/mol. The minimum Gasteiger partial charge on any atom is -0.374 e. The van der Waals surface area contributed by atoms with Gasteiger partial charge in [0.25, 0.3) is 0 Å². The molecule has 0 saturated carbocycles. The second-order valence-electron chi connectivity index (χ2n) is 4.45. The van der Waals surface area contributed by atoms with Gasteiger partial charge in [0.15, 0.2) is 15.7 Å². The predicted molar refractivity (Wildman–Crippen MR) is 76.0 cm³/mol. The number of nitrogens with one attached hydrogen (secondary N) is 1. The number of nitrogens with zero attached hydrogens (tertiary/aromatic N) is 3. The highest BCUT2D eigenvalue weighted by Gasteiger charge is 2.23. The number of aromatic nitrogens is 2. The molecule has 9 heteroatoms. The Morgan fingerprint density at radius 1 is 1.40 bits per heavy atom. The zero-order chi connectivity index (χ0) is 14.6. The summed E-state index contributed by atoms with van der Waals surface area (Å²) in [5.41, 5.74) is 2.49. The number of ether oxygens (including phenoxy) is 1. The highest BCUT2D eigenvalue weighted by Crippen LogP contribution is 2.18. The van der Waals surface area contributed by atoms with Crippen molar-refractivity contribution in [2.24, 2.45) is 5.84 Å². The molecule has 1 aliphatic heterocycles. The van der Waals surface area contributed by atoms with Gasteiger partial charge in [-0.15, -0.1) is 0 Å². The zero-order valence-electron chi connectivity index (χ0n) is 11.4. The van der Waals surface area contributed by atoms with Crippen molar-refractivity contribution < 1.29 is 13.2 Å². The van der Waals surface area contributed by atoms with Crippen LogP contribution in [0.25, 0.3) is 0 Å². The van der Waals surface area contributed by atoms with E-state index in [0.29, 0.717) is 43.8 Å². The number of rotatable bonds is 5. The van der Waals surface area contributed by atoms with Crippen molar-refractivity contribution >= 4 is 21.5 Å². The molecule has 2 rings (SSSR count). The van der Waals surface area contributed by atoms with E-state index in [2.05, 4.69) is 15.4 Å². The monoisotopic (exact) mass is 301 g/mol. The van der Waals surface area contributed by atoms with E-state index in [0.717, 1.165) is 0 Å². The third-order valence-electron chi connectivity index (χ3n) is 3.01. The smallest absolute Gasteiger partial charge is 0.158 e. The van der Waals surface area contributed by atoms with Gasteiger partial charge in [0, 0.05) is 25.8 Å². The quantitative estimate of drug-likeness (QED) is 0.555. The van der Waals surface area contributed by atoms with Crippen molar-refractivity contribution in [3.8, 4) is 0 Å². The van der Waals surface area contributed by atoms with Gasteiger partial charge in [0.05, 0.1) is 11.5 Å². The first-order valence-electron chi connectivity index (χ1n) is 6.42. The molecule has 8 nitrogen and oxygen atoms in total. The lowest BCUT2D eigenvalue weighted by Crippen LogP contribution is -2.40. The molecule has 0 amide bonds. The van der Waals surface area contributed by atoms with Crippen LogP contribution >= 0.6 is 0 Å².